The number of nitrogens with one attached hydrogen (secondary N) is 1. The van der Waals surface area contributed by atoms with Crippen LogP contribution in [0.15, 0.2) is 23.1 Å². The third-order valence-electron chi connectivity index (χ3n) is 3.91. The van der Waals surface area contributed by atoms with Gasteiger partial charge in [-0.3, -0.25) is 0 Å². The molecule has 0 heterocycles. The lowest BCUT2D eigenvalue weighted by Crippen LogP contribution is -2.29. The number of sulfonamides is 1. The van der Waals surface area contributed by atoms with Gasteiger partial charge in [-0.25, -0.2) is 12.7 Å². The Balaban J connectivity index is 2.17. The van der Waals surface area contributed by atoms with Gasteiger partial charge in [0.2, 0.25) is 10.0 Å². The van der Waals surface area contributed by atoms with E-state index in [9.17, 15) is 8.42 Å². The maximum Gasteiger partial charge on any atom is 0.243 e. The average molecular weight is 310 g/mol. The lowest BCUT2D eigenvalue weighted by molar-refractivity contribution is 0.452. The molecule has 1 aromatic rings. The molecule has 1 aliphatic rings. The highest BCUT2D eigenvalue weighted by Gasteiger charge is 2.30. The van der Waals surface area contributed by atoms with Gasteiger partial charge in [0.25, 0.3) is 0 Å². The van der Waals surface area contributed by atoms with Crippen LogP contribution in [0.1, 0.15) is 37.3 Å². The highest BCUT2D eigenvalue weighted by Crippen LogP contribution is 2.31. The standard InChI is InChI=1S/C16H26N2O2S/c1-4-9-17-11-15-6-5-13(2)16(10-15)21(19,20)18(3)12-14-7-8-14/h5-6,10,14,17H,4,7-9,11-12H2,1-3H3. The lowest BCUT2D eigenvalue weighted by Gasteiger charge is -2.19. The summed E-state index contributed by atoms with van der Waals surface area (Å²) in [5.74, 6) is 0.555. The molecular formula is C16H26N2O2S. The molecule has 4 nitrogen and oxygen atoms in total. The second-order valence-corrected chi connectivity index (χ2v) is 8.02. The normalized spacial score (nSPS) is 15.6. The Bertz CT molecular complexity index is 580. The Morgan fingerprint density at radius 3 is 2.67 bits per heavy atom. The average Bonchev–Trinajstić information content (AvgIpc) is 3.24. The highest BCUT2D eigenvalue weighted by atomic mass is 32.2. The number of hydrogen-bond acceptors (Lipinski definition) is 3. The molecule has 21 heavy (non-hydrogen) atoms. The van der Waals surface area contributed by atoms with Crippen molar-refractivity contribution in [3.63, 3.8) is 0 Å². The van der Waals surface area contributed by atoms with Crippen LogP contribution in [0.3, 0.4) is 0 Å². The predicted molar refractivity (Wildman–Crippen MR) is 85.7 cm³/mol. The minimum Gasteiger partial charge on any atom is -0.313 e. The van der Waals surface area contributed by atoms with E-state index in [1.807, 2.05) is 25.1 Å². The van der Waals surface area contributed by atoms with Crippen LogP contribution in [0.25, 0.3) is 0 Å². The Morgan fingerprint density at radius 1 is 1.33 bits per heavy atom. The van der Waals surface area contributed by atoms with E-state index in [1.54, 1.807) is 7.05 Å². The summed E-state index contributed by atoms with van der Waals surface area (Å²) in [5.41, 5.74) is 1.84. The van der Waals surface area contributed by atoms with Crippen molar-refractivity contribution in [2.24, 2.45) is 5.92 Å². The van der Waals surface area contributed by atoms with Crippen LogP contribution in [-0.2, 0) is 16.6 Å². The molecule has 118 valence electrons. The van der Waals surface area contributed by atoms with Gasteiger partial charge >= 0.3 is 0 Å². The van der Waals surface area contributed by atoms with Crippen LogP contribution in [-0.4, -0.2) is 32.9 Å². The smallest absolute Gasteiger partial charge is 0.243 e. The topological polar surface area (TPSA) is 49.4 Å². The maximum absolute atomic E-state index is 12.7. The Kier molecular flexibility index (Phi) is 5.41. The van der Waals surface area contributed by atoms with Crippen molar-refractivity contribution in [2.75, 3.05) is 20.1 Å². The fourth-order valence-corrected chi connectivity index (χ4v) is 3.89. The molecule has 1 aliphatic carbocycles. The predicted octanol–water partition coefficient (Wildman–Crippen LogP) is 2.53. The van der Waals surface area contributed by atoms with Gasteiger partial charge in [-0.2, -0.15) is 0 Å². The molecule has 1 aromatic carbocycles. The van der Waals surface area contributed by atoms with E-state index in [0.717, 1.165) is 36.9 Å². The summed E-state index contributed by atoms with van der Waals surface area (Å²) < 4.78 is 26.9. The van der Waals surface area contributed by atoms with Gasteiger partial charge in [0.05, 0.1) is 4.90 Å². The zero-order valence-electron chi connectivity index (χ0n) is 13.2. The molecule has 1 fully saturated rings. The molecule has 2 rings (SSSR count). The first-order valence-electron chi connectivity index (χ1n) is 7.71. The van der Waals surface area contributed by atoms with E-state index < -0.39 is 10.0 Å². The molecular weight excluding hydrogens is 284 g/mol. The summed E-state index contributed by atoms with van der Waals surface area (Å²) in [5, 5.41) is 3.31. The minimum absolute atomic E-state index is 0.446. The second-order valence-electron chi connectivity index (χ2n) is 6.01. The summed E-state index contributed by atoms with van der Waals surface area (Å²) >= 11 is 0. The van der Waals surface area contributed by atoms with Gasteiger partial charge in [-0.05, 0) is 55.8 Å². The first-order valence-corrected chi connectivity index (χ1v) is 9.15. The van der Waals surface area contributed by atoms with Gasteiger partial charge < -0.3 is 5.32 Å². The van der Waals surface area contributed by atoms with Crippen molar-refractivity contribution in [3.05, 3.63) is 29.3 Å². The summed E-state index contributed by atoms with van der Waals surface area (Å²) in [4.78, 5) is 0.446. The van der Waals surface area contributed by atoms with Gasteiger partial charge in [0.15, 0.2) is 0 Å². The molecule has 0 radical (unpaired) electrons. The molecule has 0 aliphatic heterocycles. The van der Waals surface area contributed by atoms with Crippen LogP contribution in [0, 0.1) is 12.8 Å². The second kappa shape index (κ2) is 6.90. The van der Waals surface area contributed by atoms with Gasteiger partial charge in [0, 0.05) is 20.1 Å². The quantitative estimate of drug-likeness (QED) is 0.751. The molecule has 0 unspecified atom stereocenters. The van der Waals surface area contributed by atoms with Crippen molar-refractivity contribution in [1.82, 2.24) is 9.62 Å². The molecule has 0 aromatic heterocycles. The Labute approximate surface area is 128 Å². The number of hydrogen-bond donors (Lipinski definition) is 1. The number of nitrogens with zero attached hydrogens (tertiary/aromatic N) is 1. The van der Waals surface area contributed by atoms with Crippen molar-refractivity contribution in [3.8, 4) is 0 Å². The van der Waals surface area contributed by atoms with Gasteiger partial charge in [-0.1, -0.05) is 19.1 Å². The van der Waals surface area contributed by atoms with E-state index in [-0.39, 0.29) is 0 Å². The fraction of sp³-hybridized carbons (Fsp3) is 0.625. The number of rotatable bonds is 8. The molecule has 0 bridgehead atoms. The molecule has 1 saturated carbocycles. The van der Waals surface area contributed by atoms with Gasteiger partial charge in [0.1, 0.15) is 0 Å². The van der Waals surface area contributed by atoms with Crippen molar-refractivity contribution < 1.29 is 8.42 Å². The van der Waals surface area contributed by atoms with Crippen LogP contribution in [0.5, 0.6) is 0 Å². The van der Waals surface area contributed by atoms with Crippen molar-refractivity contribution in [1.29, 1.82) is 0 Å². The lowest BCUT2D eigenvalue weighted by atomic mass is 10.1. The Morgan fingerprint density at radius 2 is 2.05 bits per heavy atom. The largest absolute Gasteiger partial charge is 0.313 e. The summed E-state index contributed by atoms with van der Waals surface area (Å²) in [6, 6.07) is 5.72. The van der Waals surface area contributed by atoms with Crippen LogP contribution in [0.2, 0.25) is 0 Å². The zero-order valence-corrected chi connectivity index (χ0v) is 14.0. The number of benzene rings is 1. The third-order valence-corrected chi connectivity index (χ3v) is 5.87. The molecule has 0 spiro atoms. The van der Waals surface area contributed by atoms with Crippen LogP contribution < -0.4 is 5.32 Å². The number of aryl methyl sites for hydroxylation is 1. The summed E-state index contributed by atoms with van der Waals surface area (Å²) in [7, 11) is -1.68. The molecule has 1 N–H and O–H groups in total. The van der Waals surface area contributed by atoms with E-state index in [2.05, 4.69) is 12.2 Å². The molecule has 0 amide bonds. The first-order chi connectivity index (χ1) is 9.95. The van der Waals surface area contributed by atoms with Crippen LogP contribution >= 0.6 is 0 Å². The van der Waals surface area contributed by atoms with Crippen LogP contribution in [0.4, 0.5) is 0 Å². The summed E-state index contributed by atoms with van der Waals surface area (Å²) in [6.07, 6.45) is 3.38. The minimum atomic E-state index is -3.37. The van der Waals surface area contributed by atoms with E-state index in [1.165, 1.54) is 4.31 Å². The SMILES string of the molecule is CCCNCc1ccc(C)c(S(=O)(=O)N(C)CC2CC2)c1. The van der Waals surface area contributed by atoms with E-state index >= 15 is 0 Å². The zero-order chi connectivity index (χ0) is 15.5. The van der Waals surface area contributed by atoms with Crippen molar-refractivity contribution >= 4 is 10.0 Å². The third kappa shape index (κ3) is 4.28. The molecule has 0 saturated heterocycles. The Hall–Kier alpha value is -0.910. The monoisotopic (exact) mass is 310 g/mol. The van der Waals surface area contributed by atoms with E-state index in [4.69, 9.17) is 0 Å². The van der Waals surface area contributed by atoms with E-state index in [0.29, 0.717) is 23.9 Å². The first kappa shape index (κ1) is 16.5. The highest BCUT2D eigenvalue weighted by molar-refractivity contribution is 7.89. The molecule has 5 heteroatoms. The molecule has 0 atom stereocenters. The van der Waals surface area contributed by atoms with Gasteiger partial charge in [-0.15, -0.1) is 0 Å². The fourth-order valence-electron chi connectivity index (χ4n) is 2.37. The maximum atomic E-state index is 12.7. The summed E-state index contributed by atoms with van der Waals surface area (Å²) in [6.45, 7) is 6.27. The van der Waals surface area contributed by atoms with Crippen molar-refractivity contribution in [2.45, 2.75) is 44.6 Å².